The maximum atomic E-state index is 15.1. The third-order valence-electron chi connectivity index (χ3n) is 5.03. The van der Waals surface area contributed by atoms with Gasteiger partial charge in [-0.05, 0) is 13.8 Å². The number of hydrogen-bond donors (Lipinski definition) is 2. The molecule has 2 N–H and O–H groups in total. The summed E-state index contributed by atoms with van der Waals surface area (Å²) in [5.41, 5.74) is -11.8. The van der Waals surface area contributed by atoms with Crippen LogP contribution in [-0.2, 0) is 16.6 Å². The molecule has 0 spiro atoms. The van der Waals surface area contributed by atoms with Crippen LogP contribution < -0.4 is 0 Å². The predicted octanol–water partition coefficient (Wildman–Crippen LogP) is 5.27. The first-order valence-corrected chi connectivity index (χ1v) is 8.69. The lowest BCUT2D eigenvalue weighted by molar-refractivity contribution is -0.457. The molecule has 2 aromatic rings. The highest BCUT2D eigenvalue weighted by Gasteiger charge is 2.76. The number of ether oxygens (including phenoxy) is 1. The number of rotatable bonds is 8. The molecule has 0 aliphatic carbocycles. The summed E-state index contributed by atoms with van der Waals surface area (Å²) in [6.07, 6.45) is -11.2. The highest BCUT2D eigenvalue weighted by molar-refractivity contribution is 5.27. The van der Waals surface area contributed by atoms with E-state index in [1.165, 1.54) is 12.1 Å². The zero-order valence-corrected chi connectivity index (χ0v) is 16.1. The molecule has 0 amide bonds. The molecule has 0 aliphatic heterocycles. The Kier molecular flexibility index (Phi) is 6.23. The molecule has 2 rings (SSSR count). The number of aliphatic hydroxyl groups is 2. The minimum atomic E-state index is -5.62. The Morgan fingerprint density at radius 3 is 1.03 bits per heavy atom. The second-order valence-corrected chi connectivity index (χ2v) is 7.13. The van der Waals surface area contributed by atoms with Crippen molar-refractivity contribution in [3.63, 3.8) is 0 Å². The van der Waals surface area contributed by atoms with E-state index in [0.29, 0.717) is 24.3 Å². The van der Waals surface area contributed by atoms with E-state index in [1.807, 2.05) is 0 Å². The number of halogens is 8. The SMILES string of the molecule is CC(OC(C)(C(O)(F)F)C(F)(F)c1ccccc1)(C(O)(F)F)C(F)(F)c1ccccc1. The lowest BCUT2D eigenvalue weighted by Gasteiger charge is -2.48. The Hall–Kier alpha value is -2.24. The van der Waals surface area contributed by atoms with Crippen molar-refractivity contribution >= 4 is 0 Å². The summed E-state index contributed by atoms with van der Waals surface area (Å²) >= 11 is 0. The van der Waals surface area contributed by atoms with E-state index >= 15 is 17.6 Å². The fourth-order valence-corrected chi connectivity index (χ4v) is 2.88. The van der Waals surface area contributed by atoms with Crippen molar-refractivity contribution in [3.05, 3.63) is 71.8 Å². The van der Waals surface area contributed by atoms with Crippen LogP contribution in [0.5, 0.6) is 0 Å². The third kappa shape index (κ3) is 4.01. The highest BCUT2D eigenvalue weighted by atomic mass is 19.3. The number of alkyl halides is 8. The smallest absolute Gasteiger partial charge is 0.338 e. The van der Waals surface area contributed by atoms with Gasteiger partial charge in [0.2, 0.25) is 11.2 Å². The summed E-state index contributed by atoms with van der Waals surface area (Å²) in [6, 6.07) is 8.82. The molecule has 0 fully saturated rings. The summed E-state index contributed by atoms with van der Waals surface area (Å²) in [5.74, 6) is -9.96. The van der Waals surface area contributed by atoms with Gasteiger partial charge in [0.15, 0.2) is 0 Å². The van der Waals surface area contributed by atoms with Crippen LogP contribution in [0.2, 0.25) is 0 Å². The highest BCUT2D eigenvalue weighted by Crippen LogP contribution is 2.56. The zero-order valence-electron chi connectivity index (χ0n) is 16.1. The molecular formula is C20H18F8O3. The minimum Gasteiger partial charge on any atom is -0.338 e. The molecule has 11 heteroatoms. The molecule has 3 nitrogen and oxygen atoms in total. The number of benzene rings is 2. The number of hydrogen-bond acceptors (Lipinski definition) is 3. The van der Waals surface area contributed by atoms with Gasteiger partial charge in [-0.25, -0.2) is 0 Å². The van der Waals surface area contributed by atoms with Crippen LogP contribution in [0.4, 0.5) is 35.1 Å². The first kappa shape index (κ1) is 25.0. The maximum Gasteiger partial charge on any atom is 0.388 e. The summed E-state index contributed by atoms with van der Waals surface area (Å²) < 4.78 is 121. The van der Waals surface area contributed by atoms with Crippen LogP contribution in [0.15, 0.2) is 60.7 Å². The quantitative estimate of drug-likeness (QED) is 0.530. The third-order valence-corrected chi connectivity index (χ3v) is 5.03. The summed E-state index contributed by atoms with van der Waals surface area (Å²) in [7, 11) is 0. The van der Waals surface area contributed by atoms with Crippen molar-refractivity contribution in [2.24, 2.45) is 0 Å². The molecule has 0 saturated carbocycles. The molecule has 0 heterocycles. The lowest BCUT2D eigenvalue weighted by atomic mass is 9.85. The van der Waals surface area contributed by atoms with Crippen LogP contribution in [-0.4, -0.2) is 33.6 Å². The Balaban J connectivity index is 2.75. The Labute approximate surface area is 171 Å². The molecule has 2 unspecified atom stereocenters. The van der Waals surface area contributed by atoms with Gasteiger partial charge in [0.05, 0.1) is 0 Å². The van der Waals surface area contributed by atoms with Crippen LogP contribution in [0, 0.1) is 0 Å². The van der Waals surface area contributed by atoms with Crippen molar-refractivity contribution < 1.29 is 50.1 Å². The summed E-state index contributed by atoms with van der Waals surface area (Å²) in [5, 5.41) is 18.4. The van der Waals surface area contributed by atoms with Gasteiger partial charge >= 0.3 is 24.1 Å². The lowest BCUT2D eigenvalue weighted by Crippen LogP contribution is -2.69. The summed E-state index contributed by atoms with van der Waals surface area (Å²) in [4.78, 5) is 0. The van der Waals surface area contributed by atoms with Crippen molar-refractivity contribution in [3.8, 4) is 0 Å². The molecule has 0 saturated heterocycles. The molecule has 0 bridgehead atoms. The zero-order chi connectivity index (χ0) is 23.9. The van der Waals surface area contributed by atoms with E-state index in [-0.39, 0.29) is 13.8 Å². The average Bonchev–Trinajstić information content (AvgIpc) is 2.67. The van der Waals surface area contributed by atoms with Crippen molar-refractivity contribution in [1.82, 2.24) is 0 Å². The largest absolute Gasteiger partial charge is 0.388 e. The Morgan fingerprint density at radius 2 is 0.806 bits per heavy atom. The topological polar surface area (TPSA) is 49.7 Å². The molecule has 0 radical (unpaired) electrons. The average molecular weight is 458 g/mol. The predicted molar refractivity (Wildman–Crippen MR) is 92.9 cm³/mol. The monoisotopic (exact) mass is 458 g/mol. The fourth-order valence-electron chi connectivity index (χ4n) is 2.88. The van der Waals surface area contributed by atoms with Crippen LogP contribution in [0.25, 0.3) is 0 Å². The second-order valence-electron chi connectivity index (χ2n) is 7.13. The molecule has 172 valence electrons. The van der Waals surface area contributed by atoms with Gasteiger partial charge in [-0.3, -0.25) is 0 Å². The molecule has 2 atom stereocenters. The molecule has 0 aliphatic rings. The van der Waals surface area contributed by atoms with Crippen molar-refractivity contribution in [2.45, 2.75) is 49.1 Å². The van der Waals surface area contributed by atoms with Crippen molar-refractivity contribution in [1.29, 1.82) is 0 Å². The fraction of sp³-hybridized carbons (Fsp3) is 0.400. The Bertz CT molecular complexity index is 807. The van der Waals surface area contributed by atoms with E-state index in [0.717, 1.165) is 24.3 Å². The molecule has 2 aromatic carbocycles. The maximum absolute atomic E-state index is 15.1. The first-order chi connectivity index (χ1) is 13.9. The summed E-state index contributed by atoms with van der Waals surface area (Å²) in [6.45, 7) is -0.407. The Morgan fingerprint density at radius 1 is 0.548 bits per heavy atom. The van der Waals surface area contributed by atoms with Crippen LogP contribution in [0.1, 0.15) is 25.0 Å². The molecular weight excluding hydrogens is 440 g/mol. The van der Waals surface area contributed by atoms with Gasteiger partial charge in [0, 0.05) is 11.1 Å². The van der Waals surface area contributed by atoms with Crippen molar-refractivity contribution in [2.75, 3.05) is 0 Å². The van der Waals surface area contributed by atoms with E-state index in [2.05, 4.69) is 4.74 Å². The van der Waals surface area contributed by atoms with Gasteiger partial charge in [-0.1, -0.05) is 60.7 Å². The van der Waals surface area contributed by atoms with E-state index < -0.39 is 46.4 Å². The van der Waals surface area contributed by atoms with Crippen LogP contribution >= 0.6 is 0 Å². The first-order valence-electron chi connectivity index (χ1n) is 8.69. The van der Waals surface area contributed by atoms with Gasteiger partial charge in [-0.15, -0.1) is 0 Å². The van der Waals surface area contributed by atoms with Gasteiger partial charge < -0.3 is 14.9 Å². The van der Waals surface area contributed by atoms with E-state index in [1.54, 1.807) is 0 Å². The minimum absolute atomic E-state index is 0.203. The van der Waals surface area contributed by atoms with Gasteiger partial charge in [0.25, 0.3) is 0 Å². The van der Waals surface area contributed by atoms with E-state index in [9.17, 15) is 27.8 Å². The standard InChI is InChI=1S/C20H18F8O3/c1-15(19(25,26)29,17(21,22)13-9-5-3-6-10-13)31-16(2,20(27,28)30)18(23,24)14-11-7-4-8-12-14/h3-12,29-30H,1-2H3. The normalized spacial score (nSPS) is 17.7. The molecule has 31 heavy (non-hydrogen) atoms. The van der Waals surface area contributed by atoms with Crippen LogP contribution in [0.3, 0.4) is 0 Å². The van der Waals surface area contributed by atoms with Gasteiger partial charge in [0.1, 0.15) is 0 Å². The molecule has 0 aromatic heterocycles. The van der Waals surface area contributed by atoms with Gasteiger partial charge in [-0.2, -0.15) is 35.1 Å². The second kappa shape index (κ2) is 7.72. The van der Waals surface area contributed by atoms with E-state index in [4.69, 9.17) is 0 Å².